The van der Waals surface area contributed by atoms with Crippen molar-refractivity contribution in [2.75, 3.05) is 13.2 Å². The maximum Gasteiger partial charge on any atom is 0.410 e. The molecule has 1 unspecified atom stereocenters. The van der Waals surface area contributed by atoms with Crippen LogP contribution >= 0.6 is 0 Å². The van der Waals surface area contributed by atoms with Crippen LogP contribution in [0.25, 0.3) is 11.3 Å². The van der Waals surface area contributed by atoms with Crippen molar-refractivity contribution in [2.24, 2.45) is 0 Å². The zero-order valence-electron chi connectivity index (χ0n) is 19.5. The van der Waals surface area contributed by atoms with E-state index in [1.807, 2.05) is 20.8 Å². The summed E-state index contributed by atoms with van der Waals surface area (Å²) in [7, 11) is 0. The second kappa shape index (κ2) is 10.1. The van der Waals surface area contributed by atoms with Gasteiger partial charge in [0.05, 0.1) is 18.2 Å². The SMILES string of the molecule is CCOC(=O)c1[nH]c(C2CCCCCN2C(=O)OC(C)(C)C)nc1-c1ccc(C(=O)O)cc1. The number of aromatic amines is 1. The van der Waals surface area contributed by atoms with E-state index >= 15 is 0 Å². The molecule has 2 heterocycles. The number of hydrogen-bond acceptors (Lipinski definition) is 6. The number of nitrogens with zero attached hydrogens (tertiary/aromatic N) is 2. The van der Waals surface area contributed by atoms with E-state index in [4.69, 9.17) is 14.5 Å². The van der Waals surface area contributed by atoms with Crippen molar-refractivity contribution < 1.29 is 29.0 Å². The van der Waals surface area contributed by atoms with Gasteiger partial charge in [0.1, 0.15) is 17.1 Å². The molecule has 0 radical (unpaired) electrons. The van der Waals surface area contributed by atoms with E-state index in [-0.39, 0.29) is 23.9 Å². The molecule has 1 aromatic heterocycles. The average Bonchev–Trinajstić information content (AvgIpc) is 3.03. The van der Waals surface area contributed by atoms with Gasteiger partial charge in [-0.1, -0.05) is 25.0 Å². The molecule has 0 saturated carbocycles. The summed E-state index contributed by atoms with van der Waals surface area (Å²) in [6.07, 6.45) is 2.99. The molecule has 0 spiro atoms. The first-order chi connectivity index (χ1) is 15.6. The Morgan fingerprint density at radius 1 is 1.15 bits per heavy atom. The second-order valence-electron chi connectivity index (χ2n) is 8.99. The first-order valence-electron chi connectivity index (χ1n) is 11.2. The van der Waals surface area contributed by atoms with Gasteiger partial charge < -0.3 is 19.6 Å². The molecule has 2 aromatic rings. The third kappa shape index (κ3) is 5.91. The summed E-state index contributed by atoms with van der Waals surface area (Å²) >= 11 is 0. The van der Waals surface area contributed by atoms with Crippen LogP contribution in [0.15, 0.2) is 24.3 Å². The van der Waals surface area contributed by atoms with Gasteiger partial charge in [-0.05, 0) is 52.7 Å². The number of carboxylic acid groups (broad SMARTS) is 1. The lowest BCUT2D eigenvalue weighted by atomic mass is 10.1. The summed E-state index contributed by atoms with van der Waals surface area (Å²) in [4.78, 5) is 46.3. The van der Waals surface area contributed by atoms with Crippen LogP contribution < -0.4 is 0 Å². The zero-order valence-corrected chi connectivity index (χ0v) is 19.5. The number of imidazole rings is 1. The number of amides is 1. The highest BCUT2D eigenvalue weighted by molar-refractivity contribution is 5.95. The molecule has 9 heteroatoms. The summed E-state index contributed by atoms with van der Waals surface area (Å²) in [5.74, 6) is -1.13. The molecule has 1 aromatic carbocycles. The Hall–Kier alpha value is -3.36. The molecule has 1 fully saturated rings. The van der Waals surface area contributed by atoms with Gasteiger partial charge >= 0.3 is 18.0 Å². The normalized spacial score (nSPS) is 16.7. The fourth-order valence-corrected chi connectivity index (χ4v) is 3.81. The van der Waals surface area contributed by atoms with Crippen molar-refractivity contribution in [2.45, 2.75) is 65.0 Å². The van der Waals surface area contributed by atoms with E-state index in [9.17, 15) is 19.5 Å². The van der Waals surface area contributed by atoms with Crippen molar-refractivity contribution in [3.63, 3.8) is 0 Å². The van der Waals surface area contributed by atoms with E-state index in [2.05, 4.69) is 4.98 Å². The van der Waals surface area contributed by atoms with Crippen LogP contribution in [0.1, 0.15) is 86.1 Å². The highest BCUT2D eigenvalue weighted by Crippen LogP contribution is 2.33. The number of H-pyrrole nitrogens is 1. The fourth-order valence-electron chi connectivity index (χ4n) is 3.81. The number of carboxylic acids is 1. The predicted molar refractivity (Wildman–Crippen MR) is 121 cm³/mol. The fraction of sp³-hybridized carbons (Fsp3) is 0.500. The number of ether oxygens (including phenoxy) is 2. The molecule has 2 N–H and O–H groups in total. The molecule has 3 rings (SSSR count). The lowest BCUT2D eigenvalue weighted by Crippen LogP contribution is -2.39. The highest BCUT2D eigenvalue weighted by Gasteiger charge is 2.34. The standard InChI is InChI=1S/C24H31N3O6/c1-5-32-22(30)19-18(15-10-12-16(13-11-15)21(28)29)25-20(26-19)17-9-7-6-8-14-27(17)23(31)33-24(2,3)4/h10-13,17H,5-9,14H2,1-4H3,(H,25,26)(H,28,29). The number of esters is 1. The number of benzene rings is 1. The number of rotatable bonds is 5. The Morgan fingerprint density at radius 3 is 2.45 bits per heavy atom. The van der Waals surface area contributed by atoms with Crippen LogP contribution in [0.3, 0.4) is 0 Å². The minimum Gasteiger partial charge on any atom is -0.478 e. The smallest absolute Gasteiger partial charge is 0.410 e. The van der Waals surface area contributed by atoms with Crippen LogP contribution in [0, 0.1) is 0 Å². The lowest BCUT2D eigenvalue weighted by Gasteiger charge is -2.31. The number of carbonyl (C=O) groups excluding carboxylic acids is 2. The average molecular weight is 458 g/mol. The van der Waals surface area contributed by atoms with Crippen molar-refractivity contribution in [3.05, 3.63) is 41.3 Å². The summed E-state index contributed by atoms with van der Waals surface area (Å²) < 4.78 is 10.8. The topological polar surface area (TPSA) is 122 Å². The third-order valence-electron chi connectivity index (χ3n) is 5.30. The van der Waals surface area contributed by atoms with Gasteiger partial charge in [0.2, 0.25) is 0 Å². The molecule has 1 atom stereocenters. The molecule has 178 valence electrons. The van der Waals surface area contributed by atoms with Gasteiger partial charge in [-0.25, -0.2) is 19.4 Å². The molecule has 1 aliphatic heterocycles. The first-order valence-corrected chi connectivity index (χ1v) is 11.2. The van der Waals surface area contributed by atoms with Gasteiger partial charge in [-0.3, -0.25) is 4.90 Å². The predicted octanol–water partition coefficient (Wildman–Crippen LogP) is 4.80. The summed E-state index contributed by atoms with van der Waals surface area (Å²) in [6.45, 7) is 7.90. The van der Waals surface area contributed by atoms with Gasteiger partial charge in [-0.15, -0.1) is 0 Å². The van der Waals surface area contributed by atoms with Crippen molar-refractivity contribution in [3.8, 4) is 11.3 Å². The van der Waals surface area contributed by atoms with Gasteiger partial charge in [0.15, 0.2) is 5.69 Å². The van der Waals surface area contributed by atoms with Crippen LogP contribution in [0.5, 0.6) is 0 Å². The Kier molecular flexibility index (Phi) is 7.40. The van der Waals surface area contributed by atoms with E-state index in [0.29, 0.717) is 30.0 Å². The molecule has 1 aliphatic rings. The van der Waals surface area contributed by atoms with E-state index in [0.717, 1.165) is 19.3 Å². The molecule has 1 amide bonds. The minimum atomic E-state index is -1.04. The molecule has 0 bridgehead atoms. The van der Waals surface area contributed by atoms with Crippen molar-refractivity contribution in [1.82, 2.24) is 14.9 Å². The number of aromatic nitrogens is 2. The summed E-state index contributed by atoms with van der Waals surface area (Å²) in [5.41, 5.74) is 0.594. The van der Waals surface area contributed by atoms with E-state index < -0.39 is 23.6 Å². The van der Waals surface area contributed by atoms with E-state index in [1.54, 1.807) is 24.0 Å². The second-order valence-corrected chi connectivity index (χ2v) is 8.99. The number of likely N-dealkylation sites (tertiary alicyclic amines) is 1. The maximum absolute atomic E-state index is 13.0. The third-order valence-corrected chi connectivity index (χ3v) is 5.30. The van der Waals surface area contributed by atoms with Crippen LogP contribution in [0.2, 0.25) is 0 Å². The highest BCUT2D eigenvalue weighted by atomic mass is 16.6. The lowest BCUT2D eigenvalue weighted by molar-refractivity contribution is 0.0155. The van der Waals surface area contributed by atoms with E-state index in [1.165, 1.54) is 12.1 Å². The van der Waals surface area contributed by atoms with Gasteiger partial charge in [0.25, 0.3) is 0 Å². The number of hydrogen-bond donors (Lipinski definition) is 2. The Bertz CT molecular complexity index is 1010. The van der Waals surface area contributed by atoms with Gasteiger partial charge in [-0.2, -0.15) is 0 Å². The van der Waals surface area contributed by atoms with Crippen molar-refractivity contribution >= 4 is 18.0 Å². The maximum atomic E-state index is 13.0. The largest absolute Gasteiger partial charge is 0.478 e. The molecular formula is C24H31N3O6. The summed E-state index contributed by atoms with van der Waals surface area (Å²) in [6, 6.07) is 5.73. The number of aromatic carboxylic acids is 1. The Balaban J connectivity index is 2.03. The Morgan fingerprint density at radius 2 is 1.85 bits per heavy atom. The molecule has 9 nitrogen and oxygen atoms in total. The molecule has 1 saturated heterocycles. The van der Waals surface area contributed by atoms with Crippen LogP contribution in [0.4, 0.5) is 4.79 Å². The van der Waals surface area contributed by atoms with Crippen molar-refractivity contribution in [1.29, 1.82) is 0 Å². The van der Waals surface area contributed by atoms with Crippen LogP contribution in [-0.2, 0) is 9.47 Å². The summed E-state index contributed by atoms with van der Waals surface area (Å²) in [5, 5.41) is 9.18. The first kappa shape index (κ1) is 24.3. The molecule has 0 aliphatic carbocycles. The number of nitrogens with one attached hydrogen (secondary N) is 1. The Labute approximate surface area is 193 Å². The van der Waals surface area contributed by atoms with Gasteiger partial charge in [0, 0.05) is 12.1 Å². The minimum absolute atomic E-state index is 0.132. The quantitative estimate of drug-likeness (QED) is 0.618. The molecule has 33 heavy (non-hydrogen) atoms. The van der Waals surface area contributed by atoms with Crippen LogP contribution in [-0.4, -0.2) is 56.8 Å². The number of carbonyl (C=O) groups is 3. The molecular weight excluding hydrogens is 426 g/mol. The zero-order chi connectivity index (χ0) is 24.2. The monoisotopic (exact) mass is 457 g/mol.